The molecule has 2 fully saturated rings. The summed E-state index contributed by atoms with van der Waals surface area (Å²) in [6.07, 6.45) is 2.00. The number of nitrogens with one attached hydrogen (secondary N) is 2. The van der Waals surface area contributed by atoms with Gasteiger partial charge in [-0.05, 0) is 43.0 Å². The number of nitrogens with two attached hydrogens (primary N) is 4. The Labute approximate surface area is 275 Å². The van der Waals surface area contributed by atoms with Crippen molar-refractivity contribution in [3.8, 4) is 5.75 Å². The molecule has 1 amide bonds. The summed E-state index contributed by atoms with van der Waals surface area (Å²) in [7, 11) is -2.69. The van der Waals surface area contributed by atoms with Crippen molar-refractivity contribution in [2.45, 2.75) is 57.3 Å². The minimum absolute atomic E-state index is 0.0801. The molecule has 47 heavy (non-hydrogen) atoms. The summed E-state index contributed by atoms with van der Waals surface area (Å²) in [4.78, 5) is 28.9. The van der Waals surface area contributed by atoms with Crippen LogP contribution in [0.3, 0.4) is 0 Å². The summed E-state index contributed by atoms with van der Waals surface area (Å²) in [6, 6.07) is 13.3. The number of carbonyl (C=O) groups is 1. The molecule has 0 saturated carbocycles. The Morgan fingerprint density at radius 3 is 1.87 bits per heavy atom. The zero-order valence-corrected chi connectivity index (χ0v) is 27.3. The molecule has 3 aromatic rings. The van der Waals surface area contributed by atoms with Crippen LogP contribution in [0.25, 0.3) is 0 Å². The van der Waals surface area contributed by atoms with Crippen molar-refractivity contribution in [1.29, 1.82) is 0 Å². The van der Waals surface area contributed by atoms with E-state index in [0.29, 0.717) is 68.9 Å². The fourth-order valence-electron chi connectivity index (χ4n) is 5.37. The van der Waals surface area contributed by atoms with E-state index < -0.39 is 10.5 Å². The third-order valence-corrected chi connectivity index (χ3v) is 7.61. The number of anilines is 5. The number of hydrogen-bond acceptors (Lipinski definition) is 15. The van der Waals surface area contributed by atoms with Gasteiger partial charge in [0.25, 0.3) is 0 Å². The van der Waals surface area contributed by atoms with Gasteiger partial charge >= 0.3 is 10.5 Å². The third kappa shape index (κ3) is 11.1. The minimum Gasteiger partial charge on any atom is -0.506 e. The molecule has 0 radical (unpaired) electrons. The van der Waals surface area contributed by atoms with Crippen LogP contribution in [0, 0.1) is 5.92 Å². The van der Waals surface area contributed by atoms with Crippen LogP contribution >= 0.6 is 0 Å². The molecule has 254 valence electrons. The molecule has 2 aliphatic heterocycles. The van der Waals surface area contributed by atoms with E-state index in [0.717, 1.165) is 5.69 Å². The van der Waals surface area contributed by atoms with Crippen LogP contribution < -0.4 is 43.4 Å². The summed E-state index contributed by atoms with van der Waals surface area (Å²) in [5, 5.41) is 16.0. The van der Waals surface area contributed by atoms with Crippen molar-refractivity contribution in [2.24, 2.45) is 33.2 Å². The normalized spacial score (nSPS) is 21.0. The molecule has 11 N–H and O–H groups in total. The van der Waals surface area contributed by atoms with Crippen molar-refractivity contribution >= 4 is 51.3 Å². The molecule has 3 heterocycles. The first-order chi connectivity index (χ1) is 22.3. The van der Waals surface area contributed by atoms with Crippen LogP contribution in [0.4, 0.5) is 34.9 Å². The van der Waals surface area contributed by atoms with Gasteiger partial charge in [0.2, 0.25) is 23.8 Å². The van der Waals surface area contributed by atoms with Gasteiger partial charge < -0.3 is 48.5 Å². The van der Waals surface area contributed by atoms with Crippen molar-refractivity contribution in [2.75, 3.05) is 46.6 Å². The predicted molar refractivity (Wildman–Crippen MR) is 182 cm³/mol. The first kappa shape index (κ1) is 35.4. The summed E-state index contributed by atoms with van der Waals surface area (Å²) in [6.45, 7) is 6.23. The lowest BCUT2D eigenvalue weighted by atomic mass is 10.0. The number of amides is 1. The summed E-state index contributed by atoms with van der Waals surface area (Å²) in [5.74, 6) is 1.21. The first-order valence-corrected chi connectivity index (χ1v) is 16.4. The van der Waals surface area contributed by atoms with Crippen molar-refractivity contribution in [1.82, 2.24) is 15.0 Å². The standard InChI is InChI=1S/C19H29N11O3S.C11H15NO/c20-10-3-11(21)7-29(6-10)18-25-17(24-14-1-2-15(16(31)5-14)28-34(32)33)26-19(27-18)30-8-12(22)4-13(23)9-30;1-9(2)8-11(13)12-10-6-4-3-5-7-10/h1-2,5,10-13,31H,3-4,6-9,20-23H2,(H,24,25,26,27);3-7,9H,8H2,1-2H3,(H,12,13). The van der Waals surface area contributed by atoms with Crippen LogP contribution in [0.2, 0.25) is 0 Å². The van der Waals surface area contributed by atoms with Gasteiger partial charge in [0, 0.05) is 74.2 Å². The molecule has 0 aliphatic carbocycles. The third-order valence-electron chi connectivity index (χ3n) is 7.26. The van der Waals surface area contributed by atoms with Gasteiger partial charge in [-0.2, -0.15) is 23.4 Å². The van der Waals surface area contributed by atoms with Gasteiger partial charge in [-0.1, -0.05) is 32.0 Å². The van der Waals surface area contributed by atoms with Crippen LogP contribution in [0.5, 0.6) is 5.75 Å². The molecule has 2 aliphatic rings. The van der Waals surface area contributed by atoms with Crippen LogP contribution in [0.15, 0.2) is 52.9 Å². The molecule has 17 heteroatoms. The summed E-state index contributed by atoms with van der Waals surface area (Å²) in [5.41, 5.74) is 25.9. The zero-order valence-electron chi connectivity index (χ0n) is 26.5. The van der Waals surface area contributed by atoms with E-state index in [1.165, 1.54) is 12.1 Å². The Balaban J connectivity index is 0.000000323. The fraction of sp³-hybridized carbons (Fsp3) is 0.467. The van der Waals surface area contributed by atoms with Crippen molar-refractivity contribution < 1.29 is 18.3 Å². The summed E-state index contributed by atoms with van der Waals surface area (Å²) < 4.78 is 24.9. The number of aromatic nitrogens is 3. The van der Waals surface area contributed by atoms with E-state index in [4.69, 9.17) is 22.9 Å². The molecular weight excluding hydrogens is 624 g/mol. The maximum atomic E-state index is 11.3. The second kappa shape index (κ2) is 16.4. The lowest BCUT2D eigenvalue weighted by Gasteiger charge is -2.37. The highest BCUT2D eigenvalue weighted by atomic mass is 32.2. The van der Waals surface area contributed by atoms with Crippen LogP contribution in [0.1, 0.15) is 33.1 Å². The molecule has 2 saturated heterocycles. The number of rotatable bonds is 8. The number of phenols is 1. The van der Waals surface area contributed by atoms with E-state index in [1.807, 2.05) is 54.0 Å². The fourth-order valence-corrected chi connectivity index (χ4v) is 5.68. The average molecular weight is 669 g/mol. The summed E-state index contributed by atoms with van der Waals surface area (Å²) >= 11 is 0. The van der Waals surface area contributed by atoms with Crippen molar-refractivity contribution in [3.05, 3.63) is 48.5 Å². The van der Waals surface area contributed by atoms with Gasteiger partial charge in [0.1, 0.15) is 11.4 Å². The molecule has 0 spiro atoms. The van der Waals surface area contributed by atoms with E-state index in [1.54, 1.807) is 6.07 Å². The largest absolute Gasteiger partial charge is 0.506 e. The number of phenolic OH excluding ortho intramolecular Hbond substituents is 1. The number of nitrogens with zero attached hydrogens (tertiary/aromatic N) is 6. The highest BCUT2D eigenvalue weighted by molar-refractivity contribution is 7.61. The van der Waals surface area contributed by atoms with Gasteiger partial charge in [-0.3, -0.25) is 4.79 Å². The smallest absolute Gasteiger partial charge is 0.316 e. The monoisotopic (exact) mass is 668 g/mol. The van der Waals surface area contributed by atoms with E-state index >= 15 is 0 Å². The number of para-hydroxylation sites is 1. The molecule has 2 aromatic carbocycles. The zero-order chi connectivity index (χ0) is 34.1. The first-order valence-electron chi connectivity index (χ1n) is 15.4. The molecular formula is C30H44N12O4S. The molecule has 0 bridgehead atoms. The SMILES string of the molecule is CC(C)CC(=O)Nc1ccccc1.NC1CC(N)CN(c2nc(Nc3ccc(N=S(=O)=O)c(O)c3)nc(N3CC(N)CC(N)C3)n2)C1. The number of aromatic hydroxyl groups is 1. The van der Waals surface area contributed by atoms with Gasteiger partial charge in [0.15, 0.2) is 0 Å². The number of hydrogen-bond donors (Lipinski definition) is 7. The Bertz CT molecular complexity index is 1570. The van der Waals surface area contributed by atoms with Gasteiger partial charge in [-0.15, -0.1) is 4.36 Å². The molecule has 4 unspecified atom stereocenters. The maximum Gasteiger partial charge on any atom is 0.316 e. The average Bonchev–Trinajstić information content (AvgIpc) is 2.98. The highest BCUT2D eigenvalue weighted by Crippen LogP contribution is 2.31. The lowest BCUT2D eigenvalue weighted by molar-refractivity contribution is -0.116. The van der Waals surface area contributed by atoms with Gasteiger partial charge in [-0.25, -0.2) is 0 Å². The second-order valence-corrected chi connectivity index (χ2v) is 12.8. The Morgan fingerprint density at radius 2 is 1.40 bits per heavy atom. The maximum absolute atomic E-state index is 11.3. The highest BCUT2D eigenvalue weighted by Gasteiger charge is 2.28. The number of benzene rings is 2. The lowest BCUT2D eigenvalue weighted by Crippen LogP contribution is -2.54. The number of piperidine rings is 2. The molecule has 1 aromatic heterocycles. The quantitative estimate of drug-likeness (QED) is 0.179. The minimum atomic E-state index is -2.69. The topological polar surface area (TPSA) is 257 Å². The van der Waals surface area contributed by atoms with Crippen molar-refractivity contribution in [3.63, 3.8) is 0 Å². The predicted octanol–water partition coefficient (Wildman–Crippen LogP) is 1.42. The van der Waals surface area contributed by atoms with E-state index in [-0.39, 0.29) is 47.5 Å². The Morgan fingerprint density at radius 1 is 0.872 bits per heavy atom. The second-order valence-electron chi connectivity index (χ2n) is 12.2. The van der Waals surface area contributed by atoms with E-state index in [2.05, 4.69) is 29.9 Å². The molecule has 16 nitrogen and oxygen atoms in total. The van der Waals surface area contributed by atoms with E-state index in [9.17, 15) is 18.3 Å². The van der Waals surface area contributed by atoms with Crippen LogP contribution in [-0.4, -0.2) is 84.7 Å². The number of carbonyl (C=O) groups excluding carboxylic acids is 1. The molecule has 4 atom stereocenters. The van der Waals surface area contributed by atoms with Crippen LogP contribution in [-0.2, 0) is 15.3 Å². The van der Waals surface area contributed by atoms with Gasteiger partial charge in [0.05, 0.1) is 0 Å². The Hall–Kier alpha value is -4.42. The molecule has 5 rings (SSSR count). The Kier molecular flexibility index (Phi) is 12.4.